The molecule has 1 saturated heterocycles. The van der Waals surface area contributed by atoms with E-state index in [1.165, 1.54) is 35.3 Å². The van der Waals surface area contributed by atoms with Gasteiger partial charge in [-0.2, -0.15) is 0 Å². The number of rotatable bonds is 3. The molecule has 2 aliphatic rings. The number of anilines is 1. The summed E-state index contributed by atoms with van der Waals surface area (Å²) in [6, 6.07) is 1.75. The van der Waals surface area contributed by atoms with Crippen molar-refractivity contribution in [1.29, 1.82) is 0 Å². The minimum Gasteiger partial charge on any atom is -0.305 e. The second kappa shape index (κ2) is 6.26. The van der Waals surface area contributed by atoms with Gasteiger partial charge in [-0.3, -0.25) is 14.6 Å². The van der Waals surface area contributed by atoms with E-state index in [0.29, 0.717) is 5.92 Å². The zero-order chi connectivity index (χ0) is 17.4. The van der Waals surface area contributed by atoms with Crippen LogP contribution in [-0.2, 0) is 11.2 Å². The van der Waals surface area contributed by atoms with Crippen LogP contribution in [0.3, 0.4) is 0 Å². The smallest absolute Gasteiger partial charge is 0.305 e. The molecule has 2 aromatic rings. The Morgan fingerprint density at radius 1 is 1.21 bits per heavy atom. The maximum absolute atomic E-state index is 12.3. The lowest BCUT2D eigenvalue weighted by molar-refractivity contribution is -0.123. The summed E-state index contributed by atoms with van der Waals surface area (Å²) in [6.45, 7) is 6.15. The fourth-order valence-electron chi connectivity index (χ4n) is 2.95. The van der Waals surface area contributed by atoms with Crippen molar-refractivity contribution < 1.29 is 9.59 Å². The number of hydrogen-bond acceptors (Lipinski definition) is 3. The molecule has 24 heavy (non-hydrogen) atoms. The second-order valence-electron chi connectivity index (χ2n) is 6.07. The van der Waals surface area contributed by atoms with Crippen molar-refractivity contribution in [2.45, 2.75) is 46.0 Å². The largest absolute Gasteiger partial charge is 0.331 e. The van der Waals surface area contributed by atoms with Gasteiger partial charge in [-0.05, 0) is 36.8 Å². The molecule has 3 amide bonds. The van der Waals surface area contributed by atoms with Gasteiger partial charge in [-0.15, -0.1) is 0 Å². The maximum atomic E-state index is 12.3. The van der Waals surface area contributed by atoms with Gasteiger partial charge in [0.25, 0.3) is 0 Å². The predicted molar refractivity (Wildman–Crippen MR) is 93.4 cm³/mol. The molecule has 6 nitrogen and oxygen atoms in total. The van der Waals surface area contributed by atoms with Crippen LogP contribution in [-0.4, -0.2) is 39.8 Å². The summed E-state index contributed by atoms with van der Waals surface area (Å²) in [6.07, 6.45) is 7.33. The number of fused-ring (bicyclic) bond motifs is 1. The highest BCUT2D eigenvalue weighted by Gasteiger charge is 2.36. The highest BCUT2D eigenvalue weighted by atomic mass is 16.2. The first-order valence-corrected chi connectivity index (χ1v) is 8.68. The summed E-state index contributed by atoms with van der Waals surface area (Å²) in [5.41, 5.74) is 3.70. The van der Waals surface area contributed by atoms with Crippen molar-refractivity contribution in [1.82, 2.24) is 14.3 Å². The Bertz CT molecular complexity index is 792. The molecule has 2 fully saturated rings. The molecule has 0 bridgehead atoms. The molecule has 6 heteroatoms. The summed E-state index contributed by atoms with van der Waals surface area (Å²) < 4.78 is 2.00. The third-order valence-electron chi connectivity index (χ3n) is 4.49. The number of pyridine rings is 1. The number of imidazole rings is 1. The van der Waals surface area contributed by atoms with Gasteiger partial charge in [0.1, 0.15) is 6.54 Å². The van der Waals surface area contributed by atoms with Crippen molar-refractivity contribution in [2.75, 3.05) is 18.5 Å². The number of nitrogens with zero attached hydrogens (tertiary/aromatic N) is 4. The van der Waals surface area contributed by atoms with E-state index in [-0.39, 0.29) is 18.5 Å². The molecule has 0 unspecified atom stereocenters. The van der Waals surface area contributed by atoms with Crippen LogP contribution in [0.1, 0.15) is 50.8 Å². The number of imide groups is 1. The molecule has 0 radical (unpaired) electrons. The first-order valence-electron chi connectivity index (χ1n) is 8.68. The van der Waals surface area contributed by atoms with E-state index < -0.39 is 0 Å². The van der Waals surface area contributed by atoms with Gasteiger partial charge in [0.2, 0.25) is 5.91 Å². The molecule has 1 aliphatic heterocycles. The third-order valence-corrected chi connectivity index (χ3v) is 4.49. The molecule has 1 aliphatic carbocycles. The van der Waals surface area contributed by atoms with Gasteiger partial charge in [-0.25, -0.2) is 9.78 Å². The van der Waals surface area contributed by atoms with Crippen LogP contribution in [0.25, 0.3) is 5.65 Å². The average molecular weight is 328 g/mol. The minimum absolute atomic E-state index is 0.0907. The SMILES string of the molecule is CC.CCc1cn2cc(C3CC3)cc(N3CC(=O)N(C)C3=O)c2n1. The molecule has 0 N–H and O–H groups in total. The molecular weight excluding hydrogens is 304 g/mol. The normalized spacial score (nSPS) is 17.5. The van der Waals surface area contributed by atoms with Gasteiger partial charge < -0.3 is 4.40 Å². The van der Waals surface area contributed by atoms with Crippen molar-refractivity contribution >= 4 is 23.3 Å². The summed E-state index contributed by atoms with van der Waals surface area (Å²) >= 11 is 0. The maximum Gasteiger partial charge on any atom is 0.331 e. The van der Waals surface area contributed by atoms with Crippen molar-refractivity contribution in [3.8, 4) is 0 Å². The van der Waals surface area contributed by atoms with Crippen LogP contribution in [0.15, 0.2) is 18.5 Å². The molecule has 3 heterocycles. The molecule has 0 spiro atoms. The number of likely N-dealkylation sites (N-methyl/N-ethyl adjacent to an activating group) is 1. The highest BCUT2D eigenvalue weighted by Crippen LogP contribution is 2.42. The van der Waals surface area contributed by atoms with Gasteiger partial charge in [0.15, 0.2) is 5.65 Å². The van der Waals surface area contributed by atoms with Gasteiger partial charge in [-0.1, -0.05) is 20.8 Å². The van der Waals surface area contributed by atoms with Crippen LogP contribution in [0, 0.1) is 0 Å². The molecule has 0 aromatic carbocycles. The number of amides is 3. The van der Waals surface area contributed by atoms with Crippen LogP contribution in [0.5, 0.6) is 0 Å². The molecule has 128 valence electrons. The summed E-state index contributed by atoms with van der Waals surface area (Å²) in [5.74, 6) is 0.393. The Kier molecular flexibility index (Phi) is 4.30. The number of urea groups is 1. The van der Waals surface area contributed by atoms with Crippen molar-refractivity contribution in [3.05, 3.63) is 29.7 Å². The van der Waals surface area contributed by atoms with E-state index in [4.69, 9.17) is 0 Å². The third kappa shape index (κ3) is 2.66. The number of carbonyl (C=O) groups excluding carboxylic acids is 2. The lowest BCUT2D eigenvalue weighted by Gasteiger charge is -2.17. The Balaban J connectivity index is 0.000000815. The number of aryl methyl sites for hydroxylation is 1. The summed E-state index contributed by atoms with van der Waals surface area (Å²) in [5, 5.41) is 0. The van der Waals surface area contributed by atoms with E-state index in [2.05, 4.69) is 18.1 Å². The Hall–Kier alpha value is -2.37. The molecule has 1 saturated carbocycles. The number of carbonyl (C=O) groups is 2. The van der Waals surface area contributed by atoms with E-state index in [9.17, 15) is 9.59 Å². The Morgan fingerprint density at radius 3 is 2.46 bits per heavy atom. The number of hydrogen-bond donors (Lipinski definition) is 0. The molecular formula is C18H24N4O2. The van der Waals surface area contributed by atoms with Gasteiger partial charge >= 0.3 is 6.03 Å². The standard InChI is InChI=1S/C16H18N4O2.C2H6/c1-3-12-8-19-7-11(10-4-5-10)6-13(15(19)17-12)20-9-14(21)18(2)16(20)22;1-2/h6-8,10H,3-5,9H2,1-2H3;1-2H3. The van der Waals surface area contributed by atoms with Crippen LogP contribution < -0.4 is 4.90 Å². The quantitative estimate of drug-likeness (QED) is 0.813. The van der Waals surface area contributed by atoms with E-state index in [0.717, 1.165) is 23.4 Å². The zero-order valence-electron chi connectivity index (χ0n) is 14.7. The van der Waals surface area contributed by atoms with Crippen molar-refractivity contribution in [2.24, 2.45) is 0 Å². The van der Waals surface area contributed by atoms with Crippen LogP contribution in [0.4, 0.5) is 10.5 Å². The number of aromatic nitrogens is 2. The van der Waals surface area contributed by atoms with Crippen molar-refractivity contribution in [3.63, 3.8) is 0 Å². The average Bonchev–Trinajstić information content (AvgIpc) is 3.32. The summed E-state index contributed by atoms with van der Waals surface area (Å²) in [7, 11) is 1.52. The molecule has 2 aromatic heterocycles. The Morgan fingerprint density at radius 2 is 1.92 bits per heavy atom. The highest BCUT2D eigenvalue weighted by molar-refractivity contribution is 6.13. The first-order chi connectivity index (χ1) is 11.6. The van der Waals surface area contributed by atoms with Crippen LogP contribution in [0.2, 0.25) is 0 Å². The van der Waals surface area contributed by atoms with Gasteiger partial charge in [0, 0.05) is 19.4 Å². The first kappa shape index (κ1) is 16.5. The topological polar surface area (TPSA) is 57.9 Å². The molecule has 4 rings (SSSR count). The summed E-state index contributed by atoms with van der Waals surface area (Å²) in [4.78, 5) is 31.5. The van der Waals surface area contributed by atoms with E-state index in [1.54, 1.807) is 0 Å². The second-order valence-corrected chi connectivity index (χ2v) is 6.07. The minimum atomic E-state index is -0.277. The lowest BCUT2D eigenvalue weighted by atomic mass is 10.1. The fraction of sp³-hybridized carbons (Fsp3) is 0.500. The fourth-order valence-corrected chi connectivity index (χ4v) is 2.95. The van der Waals surface area contributed by atoms with E-state index >= 15 is 0 Å². The molecule has 0 atom stereocenters. The zero-order valence-corrected chi connectivity index (χ0v) is 14.7. The lowest BCUT2D eigenvalue weighted by Crippen LogP contribution is -2.30. The Labute approximate surface area is 142 Å². The predicted octanol–water partition coefficient (Wildman–Crippen LogP) is 3.20. The van der Waals surface area contributed by atoms with Crippen LogP contribution >= 0.6 is 0 Å². The van der Waals surface area contributed by atoms with Gasteiger partial charge in [0.05, 0.1) is 11.4 Å². The van der Waals surface area contributed by atoms with E-state index in [1.807, 2.05) is 30.5 Å². The monoisotopic (exact) mass is 328 g/mol.